The van der Waals surface area contributed by atoms with E-state index in [-0.39, 0.29) is 12.6 Å². The van der Waals surface area contributed by atoms with Gasteiger partial charge in [0, 0.05) is 12.7 Å². The summed E-state index contributed by atoms with van der Waals surface area (Å²) in [6, 6.07) is 4.00. The van der Waals surface area contributed by atoms with E-state index in [2.05, 4.69) is 9.88 Å². The number of hydrogen-bond acceptors (Lipinski definition) is 4. The molecular weight excluding hydrogens is 216 g/mol. The summed E-state index contributed by atoms with van der Waals surface area (Å²) < 4.78 is 5.60. The largest absolute Gasteiger partial charge is 0.490 e. The number of hydrogen-bond donors (Lipinski definition) is 1. The number of ether oxygens (including phenoxy) is 1. The van der Waals surface area contributed by atoms with Gasteiger partial charge in [-0.1, -0.05) is 0 Å². The quantitative estimate of drug-likeness (QED) is 0.866. The van der Waals surface area contributed by atoms with Gasteiger partial charge in [-0.2, -0.15) is 0 Å². The minimum atomic E-state index is 0.179. The lowest BCUT2D eigenvalue weighted by Gasteiger charge is -2.36. The van der Waals surface area contributed by atoms with Crippen molar-refractivity contribution in [1.82, 2.24) is 4.98 Å². The van der Waals surface area contributed by atoms with Crippen LogP contribution in [-0.4, -0.2) is 35.9 Å². The van der Waals surface area contributed by atoms with Crippen molar-refractivity contribution >= 4 is 5.82 Å². The van der Waals surface area contributed by atoms with Crippen LogP contribution in [0.4, 0.5) is 5.82 Å². The predicted octanol–water partition coefficient (Wildman–Crippen LogP) is 1.83. The van der Waals surface area contributed by atoms with Crippen molar-refractivity contribution in [3.8, 4) is 5.75 Å². The molecule has 1 fully saturated rings. The third kappa shape index (κ3) is 2.69. The summed E-state index contributed by atoms with van der Waals surface area (Å²) in [4.78, 5) is 6.58. The highest BCUT2D eigenvalue weighted by Crippen LogP contribution is 2.30. The molecule has 0 spiro atoms. The summed E-state index contributed by atoms with van der Waals surface area (Å²) in [5.74, 6) is 1.68. The normalized spacial score (nSPS) is 20.4. The molecule has 1 atom stereocenters. The molecule has 0 saturated carbocycles. The maximum Gasteiger partial charge on any atom is 0.171 e. The third-order valence-corrected chi connectivity index (χ3v) is 3.16. The zero-order valence-electron chi connectivity index (χ0n) is 10.3. The van der Waals surface area contributed by atoms with Gasteiger partial charge in [-0.3, -0.25) is 0 Å². The first kappa shape index (κ1) is 12.2. The Hall–Kier alpha value is -1.29. The van der Waals surface area contributed by atoms with E-state index in [0.29, 0.717) is 6.61 Å². The van der Waals surface area contributed by atoms with Crippen molar-refractivity contribution < 1.29 is 9.84 Å². The molecule has 2 heterocycles. The Morgan fingerprint density at radius 3 is 3.18 bits per heavy atom. The van der Waals surface area contributed by atoms with Crippen molar-refractivity contribution in [2.24, 2.45) is 0 Å². The Morgan fingerprint density at radius 1 is 1.53 bits per heavy atom. The zero-order valence-corrected chi connectivity index (χ0v) is 10.3. The highest BCUT2D eigenvalue weighted by Gasteiger charge is 2.25. The number of anilines is 1. The van der Waals surface area contributed by atoms with E-state index in [4.69, 9.17) is 4.74 Å². The zero-order chi connectivity index (χ0) is 12.1. The topological polar surface area (TPSA) is 45.6 Å². The van der Waals surface area contributed by atoms with E-state index >= 15 is 0 Å². The summed E-state index contributed by atoms with van der Waals surface area (Å²) in [6.45, 7) is 3.73. The van der Waals surface area contributed by atoms with E-state index in [9.17, 15) is 5.11 Å². The summed E-state index contributed by atoms with van der Waals surface area (Å²) in [5, 5.41) is 9.43. The molecule has 4 nitrogen and oxygen atoms in total. The van der Waals surface area contributed by atoms with Crippen LogP contribution < -0.4 is 9.64 Å². The molecule has 0 aliphatic carbocycles. The van der Waals surface area contributed by atoms with Crippen LogP contribution in [0.3, 0.4) is 0 Å². The molecule has 94 valence electrons. The second kappa shape index (κ2) is 5.87. The Morgan fingerprint density at radius 2 is 2.41 bits per heavy atom. The Labute approximate surface area is 102 Å². The second-order valence-electron chi connectivity index (χ2n) is 4.28. The smallest absolute Gasteiger partial charge is 0.171 e. The Bertz CT molecular complexity index is 357. The molecule has 2 rings (SSSR count). The number of aliphatic hydroxyl groups is 1. The van der Waals surface area contributed by atoms with Crippen LogP contribution in [0.5, 0.6) is 5.75 Å². The molecule has 4 heteroatoms. The minimum Gasteiger partial charge on any atom is -0.490 e. The van der Waals surface area contributed by atoms with Crippen LogP contribution in [0.2, 0.25) is 0 Å². The second-order valence-corrected chi connectivity index (χ2v) is 4.28. The molecule has 0 aromatic carbocycles. The van der Waals surface area contributed by atoms with Gasteiger partial charge >= 0.3 is 0 Å². The first-order chi connectivity index (χ1) is 8.36. The number of piperidine rings is 1. The van der Waals surface area contributed by atoms with Gasteiger partial charge < -0.3 is 14.7 Å². The molecule has 0 radical (unpaired) electrons. The highest BCUT2D eigenvalue weighted by atomic mass is 16.5. The van der Waals surface area contributed by atoms with Crippen molar-refractivity contribution in [3.05, 3.63) is 18.3 Å². The molecule has 1 N–H and O–H groups in total. The Balaban J connectivity index is 2.24. The van der Waals surface area contributed by atoms with Gasteiger partial charge in [-0.15, -0.1) is 0 Å². The number of rotatable bonds is 4. The Kier molecular flexibility index (Phi) is 4.20. The average molecular weight is 236 g/mol. The molecule has 1 aromatic rings. The lowest BCUT2D eigenvalue weighted by atomic mass is 10.0. The van der Waals surface area contributed by atoms with Crippen LogP contribution in [0.1, 0.15) is 26.2 Å². The van der Waals surface area contributed by atoms with Gasteiger partial charge in [0.1, 0.15) is 0 Å². The van der Waals surface area contributed by atoms with Gasteiger partial charge in [0.05, 0.1) is 19.3 Å². The first-order valence-electron chi connectivity index (χ1n) is 6.32. The fraction of sp³-hybridized carbons (Fsp3) is 0.615. The van der Waals surface area contributed by atoms with Crippen molar-refractivity contribution in [2.45, 2.75) is 32.2 Å². The molecule has 1 unspecified atom stereocenters. The SMILES string of the molecule is CCOc1cccnc1N1CCCCC1CO. The number of pyridine rings is 1. The standard InChI is InChI=1S/C13H20N2O2/c1-2-17-12-7-5-8-14-13(12)15-9-4-3-6-11(15)10-16/h5,7-8,11,16H,2-4,6,9-10H2,1H3. The van der Waals surface area contributed by atoms with Crippen molar-refractivity contribution in [2.75, 3.05) is 24.7 Å². The number of nitrogens with zero attached hydrogens (tertiary/aromatic N) is 2. The van der Waals surface area contributed by atoms with E-state index in [1.165, 1.54) is 6.42 Å². The van der Waals surface area contributed by atoms with Crippen molar-refractivity contribution in [1.29, 1.82) is 0 Å². The van der Waals surface area contributed by atoms with Crippen molar-refractivity contribution in [3.63, 3.8) is 0 Å². The monoisotopic (exact) mass is 236 g/mol. The lowest BCUT2D eigenvalue weighted by Crippen LogP contribution is -2.42. The highest BCUT2D eigenvalue weighted by molar-refractivity contribution is 5.53. The van der Waals surface area contributed by atoms with E-state index in [1.54, 1.807) is 6.20 Å². The van der Waals surface area contributed by atoms with Gasteiger partial charge in [0.15, 0.2) is 11.6 Å². The molecule has 0 bridgehead atoms. The van der Waals surface area contributed by atoms with Gasteiger partial charge in [0.25, 0.3) is 0 Å². The fourth-order valence-electron chi connectivity index (χ4n) is 2.34. The maximum atomic E-state index is 9.43. The van der Waals surface area contributed by atoms with Crippen LogP contribution in [0.15, 0.2) is 18.3 Å². The molecule has 17 heavy (non-hydrogen) atoms. The van der Waals surface area contributed by atoms with E-state index < -0.39 is 0 Å². The van der Waals surface area contributed by atoms with E-state index in [0.717, 1.165) is 31.0 Å². The maximum absolute atomic E-state index is 9.43. The summed E-state index contributed by atoms with van der Waals surface area (Å²) in [7, 11) is 0. The molecule has 1 saturated heterocycles. The van der Waals surface area contributed by atoms with Crippen LogP contribution in [0, 0.1) is 0 Å². The van der Waals surface area contributed by atoms with Gasteiger partial charge in [0.2, 0.25) is 0 Å². The summed E-state index contributed by atoms with van der Waals surface area (Å²) >= 11 is 0. The fourth-order valence-corrected chi connectivity index (χ4v) is 2.34. The van der Waals surface area contributed by atoms with E-state index in [1.807, 2.05) is 19.1 Å². The number of aliphatic hydroxyl groups excluding tert-OH is 1. The predicted molar refractivity (Wildman–Crippen MR) is 67.5 cm³/mol. The minimum absolute atomic E-state index is 0.179. The lowest BCUT2D eigenvalue weighted by molar-refractivity contribution is 0.238. The molecule has 0 amide bonds. The summed E-state index contributed by atoms with van der Waals surface area (Å²) in [6.07, 6.45) is 5.14. The first-order valence-corrected chi connectivity index (χ1v) is 6.32. The molecular formula is C13H20N2O2. The number of aromatic nitrogens is 1. The third-order valence-electron chi connectivity index (χ3n) is 3.16. The van der Waals surface area contributed by atoms with Gasteiger partial charge in [-0.05, 0) is 38.3 Å². The average Bonchev–Trinajstić information content (AvgIpc) is 2.40. The molecule has 1 aromatic heterocycles. The van der Waals surface area contributed by atoms with Crippen LogP contribution in [0.25, 0.3) is 0 Å². The van der Waals surface area contributed by atoms with Gasteiger partial charge in [-0.25, -0.2) is 4.98 Å². The molecule has 1 aliphatic rings. The summed E-state index contributed by atoms with van der Waals surface area (Å²) in [5.41, 5.74) is 0. The molecule has 1 aliphatic heterocycles. The van der Waals surface area contributed by atoms with Crippen LogP contribution in [-0.2, 0) is 0 Å². The van der Waals surface area contributed by atoms with Crippen LogP contribution >= 0.6 is 0 Å².